The fourth-order valence-electron chi connectivity index (χ4n) is 2.36. The van der Waals surface area contributed by atoms with Gasteiger partial charge in [0.2, 0.25) is 5.88 Å². The first kappa shape index (κ1) is 15.0. The first-order chi connectivity index (χ1) is 10.6. The fraction of sp³-hybridized carbons (Fsp3) is 0.250. The van der Waals surface area contributed by atoms with E-state index in [1.165, 1.54) is 0 Å². The van der Waals surface area contributed by atoms with Crippen LogP contribution in [0.15, 0.2) is 47.1 Å². The summed E-state index contributed by atoms with van der Waals surface area (Å²) < 4.78 is 6.53. The van der Waals surface area contributed by atoms with Gasteiger partial charge in [-0.2, -0.15) is 0 Å². The molecule has 114 valence electrons. The standard InChI is InChI=1S/C16H16BrN3O2/c17-13-3-1-2-4-14(13)22-15-6-5-11(9-19-15)16(21)20-8-7-12(18)10-20/h1-6,9,12H,7-8,10,18H2/t12-/m1/s1. The van der Waals surface area contributed by atoms with Crippen LogP contribution >= 0.6 is 15.9 Å². The van der Waals surface area contributed by atoms with Gasteiger partial charge >= 0.3 is 0 Å². The number of likely N-dealkylation sites (tertiary alicyclic amines) is 1. The van der Waals surface area contributed by atoms with Gasteiger partial charge in [0.1, 0.15) is 5.75 Å². The topological polar surface area (TPSA) is 68.5 Å². The second-order valence-corrected chi connectivity index (χ2v) is 6.07. The lowest BCUT2D eigenvalue weighted by Crippen LogP contribution is -2.31. The lowest BCUT2D eigenvalue weighted by atomic mass is 10.2. The highest BCUT2D eigenvalue weighted by molar-refractivity contribution is 9.10. The van der Waals surface area contributed by atoms with Gasteiger partial charge in [0.25, 0.3) is 5.91 Å². The molecule has 22 heavy (non-hydrogen) atoms. The summed E-state index contributed by atoms with van der Waals surface area (Å²) >= 11 is 3.42. The van der Waals surface area contributed by atoms with Crippen LogP contribution < -0.4 is 10.5 Å². The van der Waals surface area contributed by atoms with Gasteiger partial charge < -0.3 is 15.4 Å². The van der Waals surface area contributed by atoms with Crippen molar-refractivity contribution in [1.82, 2.24) is 9.88 Å². The van der Waals surface area contributed by atoms with E-state index >= 15 is 0 Å². The first-order valence-corrected chi connectivity index (χ1v) is 7.86. The monoisotopic (exact) mass is 361 g/mol. The van der Waals surface area contributed by atoms with Gasteiger partial charge in [-0.1, -0.05) is 12.1 Å². The molecule has 1 atom stereocenters. The molecule has 0 bridgehead atoms. The van der Waals surface area contributed by atoms with E-state index in [0.717, 1.165) is 10.9 Å². The van der Waals surface area contributed by atoms with Crippen molar-refractivity contribution in [1.29, 1.82) is 0 Å². The molecule has 0 unspecified atom stereocenters. The molecule has 2 heterocycles. The molecule has 6 heteroatoms. The summed E-state index contributed by atoms with van der Waals surface area (Å²) in [6.45, 7) is 1.31. The number of pyridine rings is 1. The third kappa shape index (κ3) is 3.28. The summed E-state index contributed by atoms with van der Waals surface area (Å²) in [5.41, 5.74) is 6.38. The number of carbonyl (C=O) groups is 1. The van der Waals surface area contributed by atoms with E-state index < -0.39 is 0 Å². The highest BCUT2D eigenvalue weighted by Crippen LogP contribution is 2.28. The number of halogens is 1. The van der Waals surface area contributed by atoms with Gasteiger partial charge in [0.15, 0.2) is 0 Å². The molecule has 1 aromatic heterocycles. The van der Waals surface area contributed by atoms with Crippen molar-refractivity contribution in [3.63, 3.8) is 0 Å². The van der Waals surface area contributed by atoms with E-state index in [2.05, 4.69) is 20.9 Å². The Morgan fingerprint density at radius 1 is 1.32 bits per heavy atom. The number of carbonyl (C=O) groups excluding carboxylic acids is 1. The molecule has 1 amide bonds. The van der Waals surface area contributed by atoms with Gasteiger partial charge in [-0.15, -0.1) is 0 Å². The van der Waals surface area contributed by atoms with Crippen LogP contribution in [0.3, 0.4) is 0 Å². The van der Waals surface area contributed by atoms with Crippen molar-refractivity contribution >= 4 is 21.8 Å². The van der Waals surface area contributed by atoms with E-state index in [1.54, 1.807) is 23.2 Å². The molecular weight excluding hydrogens is 346 g/mol. The highest BCUT2D eigenvalue weighted by atomic mass is 79.9. The van der Waals surface area contributed by atoms with Crippen molar-refractivity contribution in [2.45, 2.75) is 12.5 Å². The minimum absolute atomic E-state index is 0.0344. The Morgan fingerprint density at radius 2 is 2.14 bits per heavy atom. The molecule has 0 spiro atoms. The van der Waals surface area contributed by atoms with Gasteiger partial charge in [-0.25, -0.2) is 4.98 Å². The molecule has 1 aliphatic rings. The lowest BCUT2D eigenvalue weighted by molar-refractivity contribution is 0.0790. The Bertz CT molecular complexity index is 675. The second-order valence-electron chi connectivity index (χ2n) is 5.22. The van der Waals surface area contributed by atoms with Crippen LogP contribution in [0.1, 0.15) is 16.8 Å². The van der Waals surface area contributed by atoms with E-state index in [-0.39, 0.29) is 11.9 Å². The summed E-state index contributed by atoms with van der Waals surface area (Å²) in [4.78, 5) is 18.3. The first-order valence-electron chi connectivity index (χ1n) is 7.07. The Labute approximate surface area is 137 Å². The number of nitrogens with two attached hydrogens (primary N) is 1. The molecular formula is C16H16BrN3O2. The predicted octanol–water partition coefficient (Wildman–Crippen LogP) is 2.81. The number of hydrogen-bond acceptors (Lipinski definition) is 4. The van der Waals surface area contributed by atoms with Crippen LogP contribution in [0.4, 0.5) is 0 Å². The number of para-hydroxylation sites is 1. The van der Waals surface area contributed by atoms with Crippen molar-refractivity contribution in [2.75, 3.05) is 13.1 Å². The van der Waals surface area contributed by atoms with Crippen LogP contribution in [0, 0.1) is 0 Å². The maximum Gasteiger partial charge on any atom is 0.255 e. The number of benzene rings is 1. The second kappa shape index (κ2) is 6.46. The SMILES string of the molecule is N[C@@H]1CCN(C(=O)c2ccc(Oc3ccccc3Br)nc2)C1. The zero-order chi connectivity index (χ0) is 15.5. The molecule has 1 saturated heterocycles. The zero-order valence-electron chi connectivity index (χ0n) is 11.9. The maximum absolute atomic E-state index is 12.3. The number of amides is 1. The Balaban J connectivity index is 1.70. The molecule has 0 radical (unpaired) electrons. The molecule has 3 rings (SSSR count). The summed E-state index contributed by atoms with van der Waals surface area (Å²) in [5.74, 6) is 1.09. The number of aromatic nitrogens is 1. The van der Waals surface area contributed by atoms with Gasteiger partial charge in [-0.05, 0) is 40.5 Å². The molecule has 1 aromatic carbocycles. The molecule has 5 nitrogen and oxygen atoms in total. The van der Waals surface area contributed by atoms with E-state index in [1.807, 2.05) is 24.3 Å². The van der Waals surface area contributed by atoms with E-state index in [0.29, 0.717) is 30.3 Å². The van der Waals surface area contributed by atoms with Crippen LogP contribution in [-0.4, -0.2) is 34.9 Å². The van der Waals surface area contributed by atoms with Gasteiger partial charge in [0.05, 0.1) is 10.0 Å². The van der Waals surface area contributed by atoms with Gasteiger partial charge in [0, 0.05) is 31.4 Å². The predicted molar refractivity (Wildman–Crippen MR) is 86.9 cm³/mol. The van der Waals surface area contributed by atoms with Crippen LogP contribution in [-0.2, 0) is 0 Å². The molecule has 1 aliphatic heterocycles. The largest absolute Gasteiger partial charge is 0.438 e. The normalized spacial score (nSPS) is 17.5. The van der Waals surface area contributed by atoms with Crippen LogP contribution in [0.2, 0.25) is 0 Å². The Hall–Kier alpha value is -1.92. The number of rotatable bonds is 3. The van der Waals surface area contributed by atoms with Crippen molar-refractivity contribution in [3.05, 3.63) is 52.6 Å². The lowest BCUT2D eigenvalue weighted by Gasteiger charge is -2.15. The molecule has 2 N–H and O–H groups in total. The number of nitrogens with zero attached hydrogens (tertiary/aromatic N) is 2. The van der Waals surface area contributed by atoms with Crippen LogP contribution in [0.25, 0.3) is 0 Å². The number of ether oxygens (including phenoxy) is 1. The molecule has 0 saturated carbocycles. The van der Waals surface area contributed by atoms with Crippen molar-refractivity contribution in [3.8, 4) is 11.6 Å². The summed E-state index contributed by atoms with van der Waals surface area (Å²) in [6, 6.07) is 11.0. The Kier molecular flexibility index (Phi) is 4.40. The maximum atomic E-state index is 12.3. The third-order valence-electron chi connectivity index (χ3n) is 3.55. The van der Waals surface area contributed by atoms with Gasteiger partial charge in [-0.3, -0.25) is 4.79 Å². The van der Waals surface area contributed by atoms with E-state index in [4.69, 9.17) is 10.5 Å². The summed E-state index contributed by atoms with van der Waals surface area (Å²) in [5, 5.41) is 0. The van der Waals surface area contributed by atoms with Crippen molar-refractivity contribution in [2.24, 2.45) is 5.73 Å². The Morgan fingerprint density at radius 3 is 2.77 bits per heavy atom. The molecule has 2 aromatic rings. The summed E-state index contributed by atoms with van der Waals surface area (Å²) in [6.07, 6.45) is 2.39. The average molecular weight is 362 g/mol. The zero-order valence-corrected chi connectivity index (χ0v) is 13.5. The quantitative estimate of drug-likeness (QED) is 0.912. The number of hydrogen-bond donors (Lipinski definition) is 1. The molecule has 0 aliphatic carbocycles. The van der Waals surface area contributed by atoms with Crippen LogP contribution in [0.5, 0.6) is 11.6 Å². The minimum Gasteiger partial charge on any atom is -0.438 e. The smallest absolute Gasteiger partial charge is 0.255 e. The average Bonchev–Trinajstić information content (AvgIpc) is 2.96. The fourth-order valence-corrected chi connectivity index (χ4v) is 2.73. The van der Waals surface area contributed by atoms with Crippen molar-refractivity contribution < 1.29 is 9.53 Å². The highest BCUT2D eigenvalue weighted by Gasteiger charge is 2.24. The summed E-state index contributed by atoms with van der Waals surface area (Å²) in [7, 11) is 0. The minimum atomic E-state index is -0.0344. The van der Waals surface area contributed by atoms with E-state index in [9.17, 15) is 4.79 Å². The third-order valence-corrected chi connectivity index (χ3v) is 4.20. The molecule has 1 fully saturated rings.